The summed E-state index contributed by atoms with van der Waals surface area (Å²) >= 11 is 0. The van der Waals surface area contributed by atoms with Crippen molar-refractivity contribution in [2.75, 3.05) is 25.2 Å². The Morgan fingerprint density at radius 2 is 2.00 bits per heavy atom. The fourth-order valence-corrected chi connectivity index (χ4v) is 2.45. The number of methoxy groups -OCH3 is 1. The maximum Gasteiger partial charge on any atom is 0.152 e. The average Bonchev–Trinajstić information content (AvgIpc) is 2.43. The van der Waals surface area contributed by atoms with Gasteiger partial charge < -0.3 is 9.64 Å². The Bertz CT molecular complexity index is 400. The molecule has 0 radical (unpaired) electrons. The van der Waals surface area contributed by atoms with Crippen molar-refractivity contribution in [3.05, 3.63) is 29.3 Å². The Morgan fingerprint density at radius 3 is 2.53 bits per heavy atom. The highest BCUT2D eigenvalue weighted by Gasteiger charge is 2.18. The first-order valence-corrected chi connectivity index (χ1v) is 6.99. The third-order valence-corrected chi connectivity index (χ3v) is 3.54. The van der Waals surface area contributed by atoms with Gasteiger partial charge >= 0.3 is 0 Å². The molecule has 19 heavy (non-hydrogen) atoms. The summed E-state index contributed by atoms with van der Waals surface area (Å²) in [7, 11) is 1.71. The second-order valence-corrected chi connectivity index (χ2v) is 4.84. The van der Waals surface area contributed by atoms with Gasteiger partial charge in [-0.1, -0.05) is 25.5 Å². The fraction of sp³-hybridized carbons (Fsp3) is 0.562. The Labute approximate surface area is 116 Å². The van der Waals surface area contributed by atoms with Crippen molar-refractivity contribution < 1.29 is 9.53 Å². The molecule has 1 aromatic rings. The standard InChI is InChI=1S/C16H25NO2/c1-5-15(6-2)17(9-10-19-4)16-8-7-13(3)11-14(16)12-18/h7-8,11-12,15H,5-6,9-10H2,1-4H3. The molecule has 0 heterocycles. The number of carbonyl (C=O) groups is 1. The molecular formula is C16H25NO2. The molecule has 0 saturated heterocycles. The molecule has 1 rings (SSSR count). The van der Waals surface area contributed by atoms with Gasteiger partial charge in [-0.25, -0.2) is 0 Å². The summed E-state index contributed by atoms with van der Waals surface area (Å²) in [5.41, 5.74) is 2.90. The van der Waals surface area contributed by atoms with E-state index >= 15 is 0 Å². The van der Waals surface area contributed by atoms with Gasteiger partial charge in [-0.05, 0) is 31.9 Å². The zero-order valence-corrected chi connectivity index (χ0v) is 12.5. The highest BCUT2D eigenvalue weighted by molar-refractivity contribution is 5.85. The second-order valence-electron chi connectivity index (χ2n) is 4.84. The second kappa shape index (κ2) is 7.95. The smallest absolute Gasteiger partial charge is 0.152 e. The predicted molar refractivity (Wildman–Crippen MR) is 80.2 cm³/mol. The third kappa shape index (κ3) is 4.06. The molecule has 0 aliphatic rings. The molecule has 1 aromatic carbocycles. The van der Waals surface area contributed by atoms with Crippen LogP contribution in [0.4, 0.5) is 5.69 Å². The minimum atomic E-state index is 0.441. The normalized spacial score (nSPS) is 10.8. The fourth-order valence-electron chi connectivity index (χ4n) is 2.45. The van der Waals surface area contributed by atoms with Gasteiger partial charge in [-0.2, -0.15) is 0 Å². The van der Waals surface area contributed by atoms with Gasteiger partial charge in [0.25, 0.3) is 0 Å². The van der Waals surface area contributed by atoms with Crippen LogP contribution in [0.15, 0.2) is 18.2 Å². The molecule has 0 aromatic heterocycles. The molecule has 3 nitrogen and oxygen atoms in total. The molecule has 0 N–H and O–H groups in total. The van der Waals surface area contributed by atoms with Crippen LogP contribution in [0.2, 0.25) is 0 Å². The molecule has 3 heteroatoms. The van der Waals surface area contributed by atoms with Gasteiger partial charge in [0.05, 0.1) is 6.61 Å². The van der Waals surface area contributed by atoms with E-state index < -0.39 is 0 Å². The van der Waals surface area contributed by atoms with Gasteiger partial charge in [0, 0.05) is 30.9 Å². The molecule has 106 valence electrons. The number of aryl methyl sites for hydroxylation is 1. The Kier molecular flexibility index (Phi) is 6.57. The van der Waals surface area contributed by atoms with Crippen LogP contribution in [-0.2, 0) is 4.74 Å². The van der Waals surface area contributed by atoms with Crippen LogP contribution in [0.25, 0.3) is 0 Å². The highest BCUT2D eigenvalue weighted by atomic mass is 16.5. The first kappa shape index (κ1) is 15.7. The molecule has 0 bridgehead atoms. The molecule has 0 unspecified atom stereocenters. The van der Waals surface area contributed by atoms with Crippen molar-refractivity contribution in [2.24, 2.45) is 0 Å². The van der Waals surface area contributed by atoms with E-state index in [1.165, 1.54) is 0 Å². The topological polar surface area (TPSA) is 29.5 Å². The summed E-state index contributed by atoms with van der Waals surface area (Å²) < 4.78 is 5.20. The van der Waals surface area contributed by atoms with Crippen molar-refractivity contribution in [1.82, 2.24) is 0 Å². The lowest BCUT2D eigenvalue weighted by Gasteiger charge is -2.33. The molecule has 0 aliphatic heterocycles. The minimum absolute atomic E-state index is 0.441. The lowest BCUT2D eigenvalue weighted by molar-refractivity contribution is 0.112. The summed E-state index contributed by atoms with van der Waals surface area (Å²) in [4.78, 5) is 13.6. The SMILES string of the molecule is CCC(CC)N(CCOC)c1ccc(C)cc1C=O. The Balaban J connectivity index is 3.11. The van der Waals surface area contributed by atoms with Gasteiger partial charge in [-0.3, -0.25) is 4.79 Å². The van der Waals surface area contributed by atoms with Gasteiger partial charge in [0.2, 0.25) is 0 Å². The quantitative estimate of drug-likeness (QED) is 0.673. The average molecular weight is 263 g/mol. The van der Waals surface area contributed by atoms with Crippen LogP contribution >= 0.6 is 0 Å². The van der Waals surface area contributed by atoms with Crippen LogP contribution < -0.4 is 4.90 Å². The highest BCUT2D eigenvalue weighted by Crippen LogP contribution is 2.24. The molecule has 0 amide bonds. The van der Waals surface area contributed by atoms with E-state index in [9.17, 15) is 4.79 Å². The zero-order chi connectivity index (χ0) is 14.3. The van der Waals surface area contributed by atoms with Gasteiger partial charge in [0.15, 0.2) is 6.29 Å². The number of nitrogens with zero attached hydrogens (tertiary/aromatic N) is 1. The molecule has 0 saturated carbocycles. The minimum Gasteiger partial charge on any atom is -0.383 e. The lowest BCUT2D eigenvalue weighted by Crippen LogP contribution is -2.37. The van der Waals surface area contributed by atoms with Crippen molar-refractivity contribution in [2.45, 2.75) is 39.7 Å². The van der Waals surface area contributed by atoms with E-state index in [1.54, 1.807) is 7.11 Å². The summed E-state index contributed by atoms with van der Waals surface area (Å²) in [6.07, 6.45) is 3.07. The van der Waals surface area contributed by atoms with E-state index in [2.05, 4.69) is 24.8 Å². The van der Waals surface area contributed by atoms with E-state index in [4.69, 9.17) is 4.74 Å². The van der Waals surface area contributed by atoms with E-state index in [1.807, 2.05) is 19.1 Å². The maximum absolute atomic E-state index is 11.3. The number of carbonyl (C=O) groups excluding carboxylic acids is 1. The van der Waals surface area contributed by atoms with Crippen molar-refractivity contribution in [3.63, 3.8) is 0 Å². The van der Waals surface area contributed by atoms with Gasteiger partial charge in [0.1, 0.15) is 0 Å². The number of anilines is 1. The van der Waals surface area contributed by atoms with Gasteiger partial charge in [-0.15, -0.1) is 0 Å². The monoisotopic (exact) mass is 263 g/mol. The number of benzene rings is 1. The Hall–Kier alpha value is -1.35. The number of aldehydes is 1. The van der Waals surface area contributed by atoms with E-state index in [-0.39, 0.29) is 0 Å². The van der Waals surface area contributed by atoms with Crippen molar-refractivity contribution >= 4 is 12.0 Å². The number of hydrogen-bond acceptors (Lipinski definition) is 3. The first-order valence-electron chi connectivity index (χ1n) is 6.99. The molecule has 0 spiro atoms. The predicted octanol–water partition coefficient (Wildman–Crippen LogP) is 3.45. The van der Waals surface area contributed by atoms with Crippen LogP contribution in [0.3, 0.4) is 0 Å². The third-order valence-electron chi connectivity index (χ3n) is 3.54. The molecule has 0 atom stereocenters. The maximum atomic E-state index is 11.3. The van der Waals surface area contributed by atoms with E-state index in [0.717, 1.165) is 42.5 Å². The van der Waals surface area contributed by atoms with Crippen molar-refractivity contribution in [1.29, 1.82) is 0 Å². The molecular weight excluding hydrogens is 238 g/mol. The van der Waals surface area contributed by atoms with Crippen LogP contribution in [-0.4, -0.2) is 32.6 Å². The number of ether oxygens (including phenoxy) is 1. The number of rotatable bonds is 8. The summed E-state index contributed by atoms with van der Waals surface area (Å²) in [6, 6.07) is 6.50. The van der Waals surface area contributed by atoms with Crippen LogP contribution in [0, 0.1) is 6.92 Å². The summed E-state index contributed by atoms with van der Waals surface area (Å²) in [6.45, 7) is 7.86. The van der Waals surface area contributed by atoms with Crippen LogP contribution in [0.5, 0.6) is 0 Å². The zero-order valence-electron chi connectivity index (χ0n) is 12.5. The Morgan fingerprint density at radius 1 is 1.32 bits per heavy atom. The molecule has 0 fully saturated rings. The van der Waals surface area contributed by atoms with Crippen LogP contribution in [0.1, 0.15) is 42.6 Å². The van der Waals surface area contributed by atoms with E-state index in [0.29, 0.717) is 12.6 Å². The molecule has 0 aliphatic carbocycles. The summed E-state index contributed by atoms with van der Waals surface area (Å²) in [5, 5.41) is 0. The van der Waals surface area contributed by atoms with Crippen molar-refractivity contribution in [3.8, 4) is 0 Å². The number of hydrogen-bond donors (Lipinski definition) is 0. The lowest BCUT2D eigenvalue weighted by atomic mass is 10.0. The summed E-state index contributed by atoms with van der Waals surface area (Å²) in [5.74, 6) is 0. The largest absolute Gasteiger partial charge is 0.383 e. The first-order chi connectivity index (χ1) is 9.17.